The standard InChI is InChI=1S/C19H25NO3S/c1-11-7-8-17(10-21)9-18(11)20-24(22,23)19-15(5)13(3)12(2)14(4)16(19)6/h7-9,20-21H,10H2,1-6H3. The van der Waals surface area contributed by atoms with Gasteiger partial charge in [0.25, 0.3) is 10.0 Å². The zero-order valence-corrected chi connectivity index (χ0v) is 15.9. The summed E-state index contributed by atoms with van der Waals surface area (Å²) >= 11 is 0. The number of aryl methyl sites for hydroxylation is 1. The summed E-state index contributed by atoms with van der Waals surface area (Å²) in [6.45, 7) is 11.3. The van der Waals surface area contributed by atoms with Gasteiger partial charge >= 0.3 is 0 Å². The second-order valence-electron chi connectivity index (χ2n) is 6.37. The smallest absolute Gasteiger partial charge is 0.262 e. The molecule has 0 aliphatic rings. The summed E-state index contributed by atoms with van der Waals surface area (Å²) in [5, 5.41) is 9.28. The molecule has 2 N–H and O–H groups in total. The molecule has 0 spiro atoms. The lowest BCUT2D eigenvalue weighted by atomic mass is 9.95. The van der Waals surface area contributed by atoms with Gasteiger partial charge in [0.1, 0.15) is 0 Å². The van der Waals surface area contributed by atoms with Crippen molar-refractivity contribution in [3.8, 4) is 0 Å². The minimum Gasteiger partial charge on any atom is -0.392 e. The fourth-order valence-electron chi connectivity index (χ4n) is 2.94. The molecule has 24 heavy (non-hydrogen) atoms. The van der Waals surface area contributed by atoms with Gasteiger partial charge in [-0.1, -0.05) is 12.1 Å². The number of aliphatic hydroxyl groups excluding tert-OH is 1. The lowest BCUT2D eigenvalue weighted by Crippen LogP contribution is -2.18. The van der Waals surface area contributed by atoms with E-state index in [1.807, 2.05) is 41.5 Å². The minimum absolute atomic E-state index is 0.129. The minimum atomic E-state index is -3.72. The Labute approximate surface area is 144 Å². The van der Waals surface area contributed by atoms with E-state index in [9.17, 15) is 13.5 Å². The van der Waals surface area contributed by atoms with Crippen LogP contribution in [0.4, 0.5) is 5.69 Å². The molecule has 0 atom stereocenters. The zero-order valence-electron chi connectivity index (χ0n) is 15.1. The molecule has 0 unspecified atom stereocenters. The topological polar surface area (TPSA) is 66.4 Å². The van der Waals surface area contributed by atoms with Crippen molar-refractivity contribution in [2.45, 2.75) is 53.0 Å². The average molecular weight is 347 g/mol. The van der Waals surface area contributed by atoms with Gasteiger partial charge < -0.3 is 5.11 Å². The van der Waals surface area contributed by atoms with Gasteiger partial charge in [0.05, 0.1) is 17.2 Å². The molecule has 0 fully saturated rings. The normalized spacial score (nSPS) is 11.6. The highest BCUT2D eigenvalue weighted by Crippen LogP contribution is 2.31. The Morgan fingerprint density at radius 1 is 0.875 bits per heavy atom. The first-order valence-corrected chi connectivity index (χ1v) is 9.38. The van der Waals surface area contributed by atoms with Gasteiger partial charge in [-0.2, -0.15) is 0 Å². The van der Waals surface area contributed by atoms with E-state index in [2.05, 4.69) is 4.72 Å². The van der Waals surface area contributed by atoms with E-state index >= 15 is 0 Å². The summed E-state index contributed by atoms with van der Waals surface area (Å²) in [4.78, 5) is 0.344. The zero-order chi connectivity index (χ0) is 18.2. The summed E-state index contributed by atoms with van der Waals surface area (Å²) in [5.41, 5.74) is 6.66. The molecule has 0 saturated carbocycles. The van der Waals surface area contributed by atoms with E-state index in [1.165, 1.54) is 0 Å². The molecule has 0 bridgehead atoms. The lowest BCUT2D eigenvalue weighted by Gasteiger charge is -2.20. The van der Waals surface area contributed by atoms with Gasteiger partial charge in [-0.05, 0) is 86.6 Å². The molecule has 2 aromatic rings. The molecule has 5 heteroatoms. The van der Waals surface area contributed by atoms with Gasteiger partial charge in [-0.25, -0.2) is 8.42 Å². The quantitative estimate of drug-likeness (QED) is 0.883. The number of rotatable bonds is 4. The van der Waals surface area contributed by atoms with E-state index in [1.54, 1.807) is 18.2 Å². The van der Waals surface area contributed by atoms with Crippen molar-refractivity contribution >= 4 is 15.7 Å². The molecule has 0 saturated heterocycles. The summed E-state index contributed by atoms with van der Waals surface area (Å²) in [5.74, 6) is 0. The van der Waals surface area contributed by atoms with Crippen LogP contribution in [-0.2, 0) is 16.6 Å². The molecule has 0 radical (unpaired) electrons. The van der Waals surface area contributed by atoms with Gasteiger partial charge in [0, 0.05) is 0 Å². The summed E-state index contributed by atoms with van der Waals surface area (Å²) in [7, 11) is -3.72. The molecular weight excluding hydrogens is 322 g/mol. The predicted molar refractivity (Wildman–Crippen MR) is 98.0 cm³/mol. The third-order valence-electron chi connectivity index (χ3n) is 4.93. The van der Waals surface area contributed by atoms with Crippen LogP contribution in [0.3, 0.4) is 0 Å². The van der Waals surface area contributed by atoms with Gasteiger partial charge in [-0.3, -0.25) is 4.72 Å². The van der Waals surface area contributed by atoms with E-state index < -0.39 is 10.0 Å². The predicted octanol–water partition coefficient (Wildman–Crippen LogP) is 3.83. The van der Waals surface area contributed by atoms with Crippen LogP contribution in [-0.4, -0.2) is 13.5 Å². The van der Waals surface area contributed by atoms with E-state index in [-0.39, 0.29) is 6.61 Å². The van der Waals surface area contributed by atoms with Crippen molar-refractivity contribution in [1.29, 1.82) is 0 Å². The highest BCUT2D eigenvalue weighted by molar-refractivity contribution is 7.92. The molecule has 0 heterocycles. The Morgan fingerprint density at radius 3 is 1.88 bits per heavy atom. The monoisotopic (exact) mass is 347 g/mol. The van der Waals surface area contributed by atoms with Crippen molar-refractivity contribution in [1.82, 2.24) is 0 Å². The summed E-state index contributed by atoms with van der Waals surface area (Å²) in [6.07, 6.45) is 0. The van der Waals surface area contributed by atoms with Gasteiger partial charge in [0.2, 0.25) is 0 Å². The number of benzene rings is 2. The Hall–Kier alpha value is -1.85. The molecule has 0 aromatic heterocycles. The van der Waals surface area contributed by atoms with Crippen molar-refractivity contribution in [3.05, 3.63) is 57.1 Å². The van der Waals surface area contributed by atoms with E-state index in [4.69, 9.17) is 0 Å². The fraction of sp³-hybridized carbons (Fsp3) is 0.368. The van der Waals surface area contributed by atoms with Crippen LogP contribution in [0.2, 0.25) is 0 Å². The van der Waals surface area contributed by atoms with E-state index in [0.29, 0.717) is 16.1 Å². The number of anilines is 1. The maximum absolute atomic E-state index is 13.0. The highest BCUT2D eigenvalue weighted by Gasteiger charge is 2.24. The third-order valence-corrected chi connectivity index (χ3v) is 6.57. The molecule has 0 aliphatic heterocycles. The number of nitrogens with one attached hydrogen (secondary N) is 1. The first-order valence-electron chi connectivity index (χ1n) is 7.90. The number of hydrogen-bond acceptors (Lipinski definition) is 3. The summed E-state index contributed by atoms with van der Waals surface area (Å²) < 4.78 is 28.8. The Bertz CT molecular complexity index is 870. The van der Waals surface area contributed by atoms with Crippen LogP contribution in [0.25, 0.3) is 0 Å². The first kappa shape index (κ1) is 18.5. The number of aliphatic hydroxyl groups is 1. The average Bonchev–Trinajstić information content (AvgIpc) is 2.52. The molecule has 2 aromatic carbocycles. The van der Waals surface area contributed by atoms with Crippen molar-refractivity contribution in [3.63, 3.8) is 0 Å². The first-order chi connectivity index (χ1) is 11.1. The van der Waals surface area contributed by atoms with E-state index in [0.717, 1.165) is 33.4 Å². The maximum Gasteiger partial charge on any atom is 0.262 e. The third kappa shape index (κ3) is 3.19. The van der Waals surface area contributed by atoms with Crippen LogP contribution in [0.5, 0.6) is 0 Å². The molecule has 4 nitrogen and oxygen atoms in total. The van der Waals surface area contributed by atoms with Gasteiger partial charge in [-0.15, -0.1) is 0 Å². The second kappa shape index (κ2) is 6.57. The largest absolute Gasteiger partial charge is 0.392 e. The number of hydrogen-bond donors (Lipinski definition) is 2. The molecule has 0 aliphatic carbocycles. The summed E-state index contributed by atoms with van der Waals surface area (Å²) in [6, 6.07) is 5.25. The van der Waals surface area contributed by atoms with Crippen LogP contribution >= 0.6 is 0 Å². The molecule has 130 valence electrons. The van der Waals surface area contributed by atoms with Crippen molar-refractivity contribution in [2.24, 2.45) is 0 Å². The molecular formula is C19H25NO3S. The fourth-order valence-corrected chi connectivity index (χ4v) is 4.67. The second-order valence-corrected chi connectivity index (χ2v) is 7.99. The molecule has 2 rings (SSSR count). The van der Waals surface area contributed by atoms with Crippen LogP contribution in [0.15, 0.2) is 23.1 Å². The SMILES string of the molecule is Cc1ccc(CO)cc1NS(=O)(=O)c1c(C)c(C)c(C)c(C)c1C. The maximum atomic E-state index is 13.0. The van der Waals surface area contributed by atoms with Crippen LogP contribution in [0, 0.1) is 41.5 Å². The Kier molecular flexibility index (Phi) is 5.06. The van der Waals surface area contributed by atoms with Crippen molar-refractivity contribution in [2.75, 3.05) is 4.72 Å². The molecule has 0 amide bonds. The Balaban J connectivity index is 2.61. The van der Waals surface area contributed by atoms with Crippen LogP contribution in [0.1, 0.15) is 38.9 Å². The highest BCUT2D eigenvalue weighted by atomic mass is 32.2. The van der Waals surface area contributed by atoms with Crippen molar-refractivity contribution < 1.29 is 13.5 Å². The van der Waals surface area contributed by atoms with Crippen LogP contribution < -0.4 is 4.72 Å². The lowest BCUT2D eigenvalue weighted by molar-refractivity contribution is 0.282. The Morgan fingerprint density at radius 2 is 1.38 bits per heavy atom. The van der Waals surface area contributed by atoms with Gasteiger partial charge in [0.15, 0.2) is 0 Å². The number of sulfonamides is 1.